The molecule has 0 bridgehead atoms. The fourth-order valence-electron chi connectivity index (χ4n) is 1.77. The summed E-state index contributed by atoms with van der Waals surface area (Å²) in [7, 11) is -2.56. The van der Waals surface area contributed by atoms with E-state index in [1.54, 1.807) is 17.0 Å². The summed E-state index contributed by atoms with van der Waals surface area (Å²) in [5.74, 6) is -0.580. The molecule has 114 valence electrons. The molecular weight excluding hydrogens is 314 g/mol. The van der Waals surface area contributed by atoms with Crippen molar-refractivity contribution in [3.63, 3.8) is 0 Å². The van der Waals surface area contributed by atoms with Crippen LogP contribution in [0, 0.1) is 6.92 Å². The minimum absolute atomic E-state index is 0.0892. The van der Waals surface area contributed by atoms with Gasteiger partial charge < -0.3 is 4.74 Å². The molecule has 0 unspecified atom stereocenters. The van der Waals surface area contributed by atoms with Gasteiger partial charge in [0.2, 0.25) is 0 Å². The number of hydrogen-bond donors (Lipinski definition) is 1. The van der Waals surface area contributed by atoms with E-state index in [1.807, 2.05) is 6.92 Å². The molecule has 0 atom stereocenters. The van der Waals surface area contributed by atoms with Crippen molar-refractivity contribution in [2.45, 2.75) is 25.3 Å². The van der Waals surface area contributed by atoms with Crippen molar-refractivity contribution in [3.05, 3.63) is 28.2 Å². The van der Waals surface area contributed by atoms with Gasteiger partial charge in [0.05, 0.1) is 18.5 Å². The molecule has 0 fully saturated rings. The van der Waals surface area contributed by atoms with E-state index in [1.165, 1.54) is 19.4 Å². The van der Waals surface area contributed by atoms with Crippen LogP contribution in [0.25, 0.3) is 0 Å². The topological polar surface area (TPSA) is 90.3 Å². The second-order valence-electron chi connectivity index (χ2n) is 4.19. The van der Waals surface area contributed by atoms with E-state index in [0.717, 1.165) is 11.3 Å². The lowest BCUT2D eigenvalue weighted by molar-refractivity contribution is 0.0607. The molecular formula is C12H15N3O4S2. The minimum atomic E-state index is -3.80. The van der Waals surface area contributed by atoms with Crippen LogP contribution >= 0.6 is 11.3 Å². The number of hydrogen-bond acceptors (Lipinski definition) is 6. The number of carbonyl (C=O) groups is 1. The molecule has 1 N–H and O–H groups in total. The SMILES string of the molecule is CCn1cc(S(=O)(=O)Nc2ccsc2C(=O)OC)c(C)n1. The number of aromatic nitrogens is 2. The van der Waals surface area contributed by atoms with Gasteiger partial charge in [-0.2, -0.15) is 5.10 Å². The van der Waals surface area contributed by atoms with Crippen LogP contribution in [0.3, 0.4) is 0 Å². The predicted octanol–water partition coefficient (Wildman–Crippen LogP) is 1.86. The van der Waals surface area contributed by atoms with Crippen LogP contribution in [-0.2, 0) is 21.3 Å². The Morgan fingerprint density at radius 2 is 2.24 bits per heavy atom. The average molecular weight is 329 g/mol. The van der Waals surface area contributed by atoms with E-state index in [-0.39, 0.29) is 15.5 Å². The van der Waals surface area contributed by atoms with Crippen molar-refractivity contribution in [2.75, 3.05) is 11.8 Å². The summed E-state index contributed by atoms with van der Waals surface area (Å²) in [5.41, 5.74) is 0.606. The smallest absolute Gasteiger partial charge is 0.350 e. The molecule has 0 spiro atoms. The van der Waals surface area contributed by atoms with Crippen LogP contribution in [0.5, 0.6) is 0 Å². The van der Waals surface area contributed by atoms with Crippen molar-refractivity contribution in [3.8, 4) is 0 Å². The third-order valence-electron chi connectivity index (χ3n) is 2.80. The normalized spacial score (nSPS) is 11.4. The standard InChI is InChI=1S/C12H15N3O4S2/c1-4-15-7-10(8(2)13-15)21(17,18)14-9-5-6-20-11(9)12(16)19-3/h5-7,14H,4H2,1-3H3. The summed E-state index contributed by atoms with van der Waals surface area (Å²) in [6.45, 7) is 4.06. The summed E-state index contributed by atoms with van der Waals surface area (Å²) in [6, 6.07) is 1.52. The summed E-state index contributed by atoms with van der Waals surface area (Å²) >= 11 is 1.11. The van der Waals surface area contributed by atoms with Gasteiger partial charge in [-0.1, -0.05) is 0 Å². The summed E-state index contributed by atoms with van der Waals surface area (Å²) in [6.07, 6.45) is 1.46. The van der Waals surface area contributed by atoms with E-state index in [0.29, 0.717) is 12.2 Å². The highest BCUT2D eigenvalue weighted by molar-refractivity contribution is 7.92. The maximum Gasteiger partial charge on any atom is 0.350 e. The van der Waals surface area contributed by atoms with Crippen LogP contribution in [0.2, 0.25) is 0 Å². The number of sulfonamides is 1. The minimum Gasteiger partial charge on any atom is -0.465 e. The third kappa shape index (κ3) is 3.08. The predicted molar refractivity (Wildman–Crippen MR) is 79.1 cm³/mol. The van der Waals surface area contributed by atoms with Crippen LogP contribution in [0.15, 0.2) is 22.5 Å². The van der Waals surface area contributed by atoms with Crippen molar-refractivity contribution in [1.82, 2.24) is 9.78 Å². The molecule has 0 amide bonds. The Morgan fingerprint density at radius 3 is 2.81 bits per heavy atom. The van der Waals surface area contributed by atoms with Crippen LogP contribution < -0.4 is 4.72 Å². The average Bonchev–Trinajstić information content (AvgIpc) is 3.04. The van der Waals surface area contributed by atoms with Crippen LogP contribution in [0.4, 0.5) is 5.69 Å². The molecule has 7 nitrogen and oxygen atoms in total. The first kappa shape index (κ1) is 15.5. The number of anilines is 1. The molecule has 0 aliphatic carbocycles. The summed E-state index contributed by atoms with van der Waals surface area (Å²) in [4.78, 5) is 11.9. The number of methoxy groups -OCH3 is 1. The molecule has 2 rings (SSSR count). The largest absolute Gasteiger partial charge is 0.465 e. The van der Waals surface area contributed by atoms with E-state index in [9.17, 15) is 13.2 Å². The summed E-state index contributed by atoms with van der Waals surface area (Å²) < 4.78 is 33.4. The highest BCUT2D eigenvalue weighted by Gasteiger charge is 2.23. The molecule has 9 heteroatoms. The first-order chi connectivity index (χ1) is 9.89. The number of nitrogens with zero attached hydrogens (tertiary/aromatic N) is 2. The molecule has 0 saturated carbocycles. The lowest BCUT2D eigenvalue weighted by atomic mass is 10.4. The number of nitrogens with one attached hydrogen (secondary N) is 1. The van der Waals surface area contributed by atoms with Gasteiger partial charge in [0.15, 0.2) is 0 Å². The number of carbonyl (C=O) groups excluding carboxylic acids is 1. The highest BCUT2D eigenvalue weighted by atomic mass is 32.2. The Hall–Kier alpha value is -1.87. The Bertz CT molecular complexity index is 761. The zero-order valence-corrected chi connectivity index (χ0v) is 13.4. The highest BCUT2D eigenvalue weighted by Crippen LogP contribution is 2.26. The maximum absolute atomic E-state index is 12.4. The molecule has 21 heavy (non-hydrogen) atoms. The molecule has 0 aliphatic rings. The second kappa shape index (κ2) is 5.86. The van der Waals surface area contributed by atoms with Gasteiger partial charge in [0.25, 0.3) is 10.0 Å². The van der Waals surface area contributed by atoms with E-state index >= 15 is 0 Å². The fraction of sp³-hybridized carbons (Fsp3) is 0.333. The zero-order valence-electron chi connectivity index (χ0n) is 11.8. The zero-order chi connectivity index (χ0) is 15.6. The molecule has 2 heterocycles. The third-order valence-corrected chi connectivity index (χ3v) is 5.16. The van der Waals surface area contributed by atoms with Gasteiger partial charge in [-0.05, 0) is 25.3 Å². The van der Waals surface area contributed by atoms with Crippen molar-refractivity contribution < 1.29 is 17.9 Å². The van der Waals surface area contributed by atoms with Gasteiger partial charge in [-0.15, -0.1) is 11.3 Å². The van der Waals surface area contributed by atoms with Crippen molar-refractivity contribution in [2.24, 2.45) is 0 Å². The molecule has 0 saturated heterocycles. The van der Waals surface area contributed by atoms with Gasteiger partial charge in [-0.25, -0.2) is 13.2 Å². The Balaban J connectivity index is 2.36. The molecule has 0 radical (unpaired) electrons. The second-order valence-corrected chi connectivity index (χ2v) is 6.76. The number of esters is 1. The number of rotatable bonds is 5. The lowest BCUT2D eigenvalue weighted by Crippen LogP contribution is -2.15. The Labute approximate surface area is 126 Å². The van der Waals surface area contributed by atoms with Crippen molar-refractivity contribution >= 4 is 33.0 Å². The van der Waals surface area contributed by atoms with E-state index < -0.39 is 16.0 Å². The first-order valence-electron chi connectivity index (χ1n) is 6.11. The van der Waals surface area contributed by atoms with Gasteiger partial charge in [0, 0.05) is 12.7 Å². The van der Waals surface area contributed by atoms with Gasteiger partial charge in [0.1, 0.15) is 9.77 Å². The van der Waals surface area contributed by atoms with Crippen molar-refractivity contribution in [1.29, 1.82) is 0 Å². The van der Waals surface area contributed by atoms with E-state index in [2.05, 4.69) is 14.6 Å². The molecule has 0 aliphatic heterocycles. The Kier molecular flexibility index (Phi) is 4.33. The number of ether oxygens (including phenoxy) is 1. The molecule has 0 aromatic carbocycles. The van der Waals surface area contributed by atoms with Gasteiger partial charge >= 0.3 is 5.97 Å². The number of thiophene rings is 1. The Morgan fingerprint density at radius 1 is 1.52 bits per heavy atom. The fourth-order valence-corrected chi connectivity index (χ4v) is 3.86. The molecule has 2 aromatic heterocycles. The lowest BCUT2D eigenvalue weighted by Gasteiger charge is -2.07. The van der Waals surface area contributed by atoms with E-state index in [4.69, 9.17) is 0 Å². The maximum atomic E-state index is 12.4. The van der Waals surface area contributed by atoms with Gasteiger partial charge in [-0.3, -0.25) is 9.40 Å². The first-order valence-corrected chi connectivity index (χ1v) is 8.48. The summed E-state index contributed by atoms with van der Waals surface area (Å²) in [5, 5.41) is 5.72. The monoisotopic (exact) mass is 329 g/mol. The van der Waals surface area contributed by atoms with Crippen LogP contribution in [-0.4, -0.2) is 31.3 Å². The quantitative estimate of drug-likeness (QED) is 0.846. The molecule has 2 aromatic rings. The number of aryl methyl sites for hydroxylation is 2. The van der Waals surface area contributed by atoms with Crippen LogP contribution in [0.1, 0.15) is 22.3 Å².